The zero-order valence-corrected chi connectivity index (χ0v) is 15.4. The van der Waals surface area contributed by atoms with E-state index in [0.29, 0.717) is 0 Å². The lowest BCUT2D eigenvalue weighted by Crippen LogP contribution is -2.04. The predicted octanol–water partition coefficient (Wildman–Crippen LogP) is 6.91. The van der Waals surface area contributed by atoms with E-state index in [1.165, 1.54) is 0 Å². The normalized spacial score (nSPS) is 11.1. The van der Waals surface area contributed by atoms with Crippen molar-refractivity contribution in [1.82, 2.24) is 9.55 Å². The highest BCUT2D eigenvalue weighted by molar-refractivity contribution is 5.93. The molecule has 0 bridgehead atoms. The van der Waals surface area contributed by atoms with Crippen molar-refractivity contribution in [3.63, 3.8) is 0 Å². The van der Waals surface area contributed by atoms with Gasteiger partial charge in [-0.1, -0.05) is 67.3 Å². The molecule has 1 N–H and O–H groups in total. The Labute approximate surface area is 159 Å². The molecule has 0 spiro atoms. The highest BCUT2D eigenvalue weighted by atomic mass is 15.0. The molecule has 1 aromatic heterocycles. The lowest BCUT2D eigenvalue weighted by Gasteiger charge is -2.17. The molecule has 0 aliphatic carbocycles. The van der Waals surface area contributed by atoms with Crippen molar-refractivity contribution in [2.24, 2.45) is 0 Å². The van der Waals surface area contributed by atoms with Gasteiger partial charge in [-0.25, -0.2) is 0 Å². The molecule has 0 saturated carbocycles. The van der Waals surface area contributed by atoms with Gasteiger partial charge in [-0.2, -0.15) is 0 Å². The molecule has 4 rings (SSSR count). The van der Waals surface area contributed by atoms with Gasteiger partial charge in [0, 0.05) is 22.2 Å². The molecular weight excluding hydrogens is 328 g/mol. The first-order valence-electron chi connectivity index (χ1n) is 9.13. The fraction of sp³-hybridized carbons (Fsp3) is 0.0400. The Hall–Kier alpha value is -3.52. The Kier molecular flexibility index (Phi) is 4.63. The van der Waals surface area contributed by atoms with Crippen LogP contribution >= 0.6 is 0 Å². The highest BCUT2D eigenvalue weighted by Crippen LogP contribution is 2.27. The number of rotatable bonds is 3. The van der Waals surface area contributed by atoms with Gasteiger partial charge in [-0.15, -0.1) is 0 Å². The van der Waals surface area contributed by atoms with Gasteiger partial charge in [-0.05, 0) is 43.3 Å². The molecule has 0 saturated heterocycles. The summed E-state index contributed by atoms with van der Waals surface area (Å²) in [5, 5.41) is 1.14. The van der Waals surface area contributed by atoms with Gasteiger partial charge in [0.05, 0.1) is 16.7 Å². The first-order valence-corrected chi connectivity index (χ1v) is 9.13. The number of benzene rings is 3. The van der Waals surface area contributed by atoms with Crippen molar-refractivity contribution in [3.05, 3.63) is 103 Å². The summed E-state index contributed by atoms with van der Waals surface area (Å²) >= 11 is 0. The second-order valence-corrected chi connectivity index (χ2v) is 6.36. The van der Waals surface area contributed by atoms with Crippen molar-refractivity contribution < 1.29 is 0 Å². The van der Waals surface area contributed by atoms with Gasteiger partial charge >= 0.3 is 0 Å². The van der Waals surface area contributed by atoms with E-state index in [0.717, 1.165) is 38.9 Å². The number of hydrogen-bond acceptors (Lipinski definition) is 0. The summed E-state index contributed by atoms with van der Waals surface area (Å²) in [7, 11) is 0. The quantitative estimate of drug-likeness (QED) is 0.414. The van der Waals surface area contributed by atoms with Crippen LogP contribution in [0.4, 0.5) is 0 Å². The summed E-state index contributed by atoms with van der Waals surface area (Å²) in [4.78, 5) is 3.62. The molecule has 4 aromatic rings. The van der Waals surface area contributed by atoms with Crippen LogP contribution in [0.1, 0.15) is 18.2 Å². The number of para-hydroxylation sites is 4. The maximum atomic E-state index is 4.13. The Morgan fingerprint density at radius 2 is 1.48 bits per heavy atom. The van der Waals surface area contributed by atoms with E-state index in [4.69, 9.17) is 0 Å². The average Bonchev–Trinajstić information content (AvgIpc) is 2.71. The third-order valence-corrected chi connectivity index (χ3v) is 4.69. The maximum absolute atomic E-state index is 4.13. The Balaban J connectivity index is 2.36. The van der Waals surface area contributed by atoms with Gasteiger partial charge in [0.1, 0.15) is 0 Å². The van der Waals surface area contributed by atoms with Crippen LogP contribution in [0.2, 0.25) is 0 Å². The summed E-state index contributed by atoms with van der Waals surface area (Å²) in [6.07, 6.45) is 6.18. The fourth-order valence-corrected chi connectivity index (χ4v) is 3.53. The third-order valence-electron chi connectivity index (χ3n) is 4.69. The number of aromatic amines is 1. The number of hydrogen-bond donors (Lipinski definition) is 1. The number of allylic oxidation sites excluding steroid dienone is 1. The van der Waals surface area contributed by atoms with Crippen LogP contribution in [0.5, 0.6) is 0 Å². The molecule has 1 heterocycles. The number of aromatic nitrogens is 2. The van der Waals surface area contributed by atoms with Crippen LogP contribution in [0.15, 0.2) is 91.5 Å². The molecule has 2 nitrogen and oxygen atoms in total. The maximum Gasteiger partial charge on any atom is 0.0696 e. The molecular formula is C25H22N2. The minimum Gasteiger partial charge on any atom is -0.353 e. The van der Waals surface area contributed by atoms with Crippen LogP contribution in [-0.2, 0) is 0 Å². The average molecular weight is 350 g/mol. The van der Waals surface area contributed by atoms with E-state index in [1.807, 2.05) is 19.1 Å². The van der Waals surface area contributed by atoms with Gasteiger partial charge in [0.2, 0.25) is 0 Å². The molecule has 132 valence electrons. The molecule has 0 atom stereocenters. The lowest BCUT2D eigenvalue weighted by molar-refractivity contribution is 1.08. The molecule has 0 aliphatic heterocycles. The van der Waals surface area contributed by atoms with E-state index in [2.05, 4.69) is 101 Å². The van der Waals surface area contributed by atoms with Crippen molar-refractivity contribution in [2.75, 3.05) is 0 Å². The van der Waals surface area contributed by atoms with E-state index in [9.17, 15) is 0 Å². The van der Waals surface area contributed by atoms with E-state index in [-0.39, 0.29) is 0 Å². The highest BCUT2D eigenvalue weighted by Gasteiger charge is 2.10. The monoisotopic (exact) mass is 350 g/mol. The Bertz CT molecular complexity index is 1190. The Morgan fingerprint density at radius 3 is 2.22 bits per heavy atom. The summed E-state index contributed by atoms with van der Waals surface area (Å²) < 4.78 is 2.29. The third kappa shape index (κ3) is 3.06. The van der Waals surface area contributed by atoms with Crippen LogP contribution in [0.3, 0.4) is 0 Å². The van der Waals surface area contributed by atoms with Gasteiger partial charge in [0.25, 0.3) is 0 Å². The van der Waals surface area contributed by atoms with Crippen LogP contribution in [0.25, 0.3) is 39.8 Å². The number of fused-ring (bicyclic) bond motifs is 2. The summed E-state index contributed by atoms with van der Waals surface area (Å²) in [6, 6.07) is 27.2. The van der Waals surface area contributed by atoms with Gasteiger partial charge < -0.3 is 9.55 Å². The molecule has 0 unspecified atom stereocenters. The molecule has 0 radical (unpaired) electrons. The van der Waals surface area contributed by atoms with Gasteiger partial charge in [-0.3, -0.25) is 0 Å². The van der Waals surface area contributed by atoms with E-state index < -0.39 is 0 Å². The van der Waals surface area contributed by atoms with Crippen LogP contribution in [0, 0.1) is 0 Å². The van der Waals surface area contributed by atoms with Gasteiger partial charge in [0.15, 0.2) is 0 Å². The topological polar surface area (TPSA) is 20.7 Å². The summed E-state index contributed by atoms with van der Waals surface area (Å²) in [5.74, 6) is 0. The SMILES string of the molecule is C=Cc1c(/C=C\C)n(-c2ccccc2)c2ccccc2[nH]c2ccccc12. The second-order valence-electron chi connectivity index (χ2n) is 6.36. The van der Waals surface area contributed by atoms with Crippen molar-refractivity contribution in [3.8, 4) is 5.69 Å². The standard InChI is InChI=1S/C25H22N2/c1-3-12-24-20(4-2)21-15-8-9-16-22(21)26-23-17-10-11-18-25(23)27(24)19-13-6-5-7-14-19/h3-18,26H,2H2,1H3/b12-3-,24-20?. The fourth-order valence-electron chi connectivity index (χ4n) is 3.53. The summed E-state index contributed by atoms with van der Waals surface area (Å²) in [5.41, 5.74) is 6.55. The molecule has 0 fully saturated rings. The predicted molar refractivity (Wildman–Crippen MR) is 118 cm³/mol. The Morgan fingerprint density at radius 1 is 0.815 bits per heavy atom. The summed E-state index contributed by atoms with van der Waals surface area (Å²) in [6.45, 7) is 6.17. The second kappa shape index (κ2) is 7.38. The number of nitrogens with zero attached hydrogens (tertiary/aromatic N) is 1. The lowest BCUT2D eigenvalue weighted by atomic mass is 10.1. The minimum absolute atomic E-state index is 1.07. The molecule has 2 heteroatoms. The molecule has 0 amide bonds. The van der Waals surface area contributed by atoms with E-state index >= 15 is 0 Å². The molecule has 3 aromatic carbocycles. The number of nitrogens with one attached hydrogen (secondary N) is 1. The van der Waals surface area contributed by atoms with Crippen molar-refractivity contribution >= 4 is 34.1 Å². The van der Waals surface area contributed by atoms with Crippen LogP contribution in [-0.4, -0.2) is 9.55 Å². The zero-order valence-electron chi connectivity index (χ0n) is 15.4. The zero-order chi connectivity index (χ0) is 18.6. The van der Waals surface area contributed by atoms with Crippen molar-refractivity contribution in [1.29, 1.82) is 0 Å². The first kappa shape index (κ1) is 16.9. The largest absolute Gasteiger partial charge is 0.353 e. The van der Waals surface area contributed by atoms with E-state index in [1.54, 1.807) is 0 Å². The number of H-pyrrole nitrogens is 1. The molecule has 0 aliphatic rings. The molecule has 27 heavy (non-hydrogen) atoms. The minimum atomic E-state index is 1.07. The van der Waals surface area contributed by atoms with Crippen molar-refractivity contribution in [2.45, 2.75) is 6.92 Å². The smallest absolute Gasteiger partial charge is 0.0696 e. The first-order chi connectivity index (χ1) is 13.3. The van der Waals surface area contributed by atoms with Crippen LogP contribution < -0.4 is 0 Å².